The summed E-state index contributed by atoms with van der Waals surface area (Å²) in [6.07, 6.45) is 1.67. The first-order chi connectivity index (χ1) is 8.50. The summed E-state index contributed by atoms with van der Waals surface area (Å²) in [4.78, 5) is 12.0. The molecule has 1 saturated heterocycles. The van der Waals surface area contributed by atoms with Crippen LogP contribution < -0.4 is 5.32 Å². The summed E-state index contributed by atoms with van der Waals surface area (Å²) < 4.78 is 18.9. The van der Waals surface area contributed by atoms with Crippen LogP contribution in [0, 0.1) is 5.82 Å². The third-order valence-electron chi connectivity index (χ3n) is 3.05. The highest BCUT2D eigenvalue weighted by Gasteiger charge is 2.30. The van der Waals surface area contributed by atoms with Gasteiger partial charge in [-0.05, 0) is 31.9 Å². The second-order valence-electron chi connectivity index (χ2n) is 4.84. The number of benzene rings is 1. The Balaban J connectivity index is 2.11. The minimum absolute atomic E-state index is 0.0698. The number of ether oxygens (including phenoxy) is 1. The molecule has 1 aliphatic rings. The van der Waals surface area contributed by atoms with Crippen LogP contribution in [0.3, 0.4) is 0 Å². The van der Waals surface area contributed by atoms with Gasteiger partial charge in [-0.1, -0.05) is 0 Å². The number of nitrogens with one attached hydrogen (secondary N) is 1. The van der Waals surface area contributed by atoms with Crippen molar-refractivity contribution in [2.75, 3.05) is 13.2 Å². The molecule has 4 nitrogen and oxygen atoms in total. The number of carbonyl (C=O) groups excluding carboxylic acids is 1. The van der Waals surface area contributed by atoms with Crippen molar-refractivity contribution in [2.45, 2.75) is 25.3 Å². The second kappa shape index (κ2) is 4.94. The molecule has 0 radical (unpaired) electrons. The molecule has 2 N–H and O–H groups in total. The lowest BCUT2D eigenvalue weighted by atomic mass is 9.94. The molecule has 0 aromatic heterocycles. The van der Waals surface area contributed by atoms with E-state index in [1.807, 2.05) is 6.92 Å². The molecule has 1 atom stereocenters. The van der Waals surface area contributed by atoms with E-state index in [2.05, 4.69) is 5.32 Å². The first-order valence-corrected chi connectivity index (χ1v) is 5.89. The van der Waals surface area contributed by atoms with E-state index in [4.69, 9.17) is 9.84 Å². The van der Waals surface area contributed by atoms with Gasteiger partial charge in [-0.25, -0.2) is 4.39 Å². The fraction of sp³-hybridized carbons (Fsp3) is 0.462. The Morgan fingerprint density at radius 1 is 1.56 bits per heavy atom. The van der Waals surface area contributed by atoms with Gasteiger partial charge in [0.25, 0.3) is 5.91 Å². The Kier molecular flexibility index (Phi) is 3.52. The predicted molar refractivity (Wildman–Crippen MR) is 64.0 cm³/mol. The van der Waals surface area contributed by atoms with Gasteiger partial charge < -0.3 is 15.2 Å². The quantitative estimate of drug-likeness (QED) is 0.845. The van der Waals surface area contributed by atoms with Crippen molar-refractivity contribution in [3.8, 4) is 5.75 Å². The second-order valence-corrected chi connectivity index (χ2v) is 4.84. The average molecular weight is 253 g/mol. The van der Waals surface area contributed by atoms with Crippen molar-refractivity contribution in [2.24, 2.45) is 0 Å². The van der Waals surface area contributed by atoms with Gasteiger partial charge >= 0.3 is 0 Å². The minimum Gasteiger partial charge on any atom is -0.508 e. The number of amides is 1. The Labute approximate surface area is 105 Å². The van der Waals surface area contributed by atoms with Gasteiger partial charge in [0.2, 0.25) is 0 Å². The molecule has 2 rings (SSSR count). The molecule has 0 aliphatic carbocycles. The van der Waals surface area contributed by atoms with E-state index in [1.165, 1.54) is 12.1 Å². The van der Waals surface area contributed by atoms with Crippen LogP contribution in [0.4, 0.5) is 4.39 Å². The molecule has 5 heteroatoms. The van der Waals surface area contributed by atoms with Gasteiger partial charge in [0.15, 0.2) is 0 Å². The molecular formula is C13H16FNO3. The van der Waals surface area contributed by atoms with Crippen LogP contribution >= 0.6 is 0 Å². The number of halogens is 1. The number of phenols is 1. The zero-order chi connectivity index (χ0) is 13.2. The lowest BCUT2D eigenvalue weighted by molar-refractivity contribution is 0.0271. The molecule has 0 spiro atoms. The lowest BCUT2D eigenvalue weighted by Crippen LogP contribution is -2.51. The fourth-order valence-corrected chi connectivity index (χ4v) is 2.06. The number of hydrogen-bond acceptors (Lipinski definition) is 3. The van der Waals surface area contributed by atoms with E-state index in [0.717, 1.165) is 18.9 Å². The maximum absolute atomic E-state index is 13.5. The topological polar surface area (TPSA) is 58.6 Å². The smallest absolute Gasteiger partial charge is 0.254 e. The molecule has 18 heavy (non-hydrogen) atoms. The Morgan fingerprint density at radius 2 is 2.33 bits per heavy atom. The standard InChI is InChI=1S/C13H16FNO3/c1-13(5-2-6-18-8-13)15-12(17)10-4-3-9(16)7-11(10)14/h3-4,7,16H,2,5-6,8H2,1H3,(H,15,17). The number of aromatic hydroxyl groups is 1. The summed E-state index contributed by atoms with van der Waals surface area (Å²) in [5.74, 6) is -1.41. The number of rotatable bonds is 2. The third-order valence-corrected chi connectivity index (χ3v) is 3.05. The molecule has 1 aromatic rings. The summed E-state index contributed by atoms with van der Waals surface area (Å²) in [5, 5.41) is 11.9. The molecule has 1 aromatic carbocycles. The van der Waals surface area contributed by atoms with Gasteiger partial charge in [0, 0.05) is 12.7 Å². The Bertz CT molecular complexity index is 456. The third kappa shape index (κ3) is 2.79. The van der Waals surface area contributed by atoms with Crippen LogP contribution in [0.2, 0.25) is 0 Å². The van der Waals surface area contributed by atoms with Crippen molar-refractivity contribution < 1.29 is 19.0 Å². The number of carbonyl (C=O) groups is 1. The molecule has 1 unspecified atom stereocenters. The maximum Gasteiger partial charge on any atom is 0.254 e. The molecule has 1 fully saturated rings. The fourth-order valence-electron chi connectivity index (χ4n) is 2.06. The molecule has 1 amide bonds. The zero-order valence-corrected chi connectivity index (χ0v) is 10.2. The molecular weight excluding hydrogens is 237 g/mol. The zero-order valence-electron chi connectivity index (χ0n) is 10.2. The normalized spacial score (nSPS) is 23.7. The van der Waals surface area contributed by atoms with Gasteiger partial charge in [-0.2, -0.15) is 0 Å². The molecule has 1 aliphatic heterocycles. The highest BCUT2D eigenvalue weighted by Crippen LogP contribution is 2.20. The average Bonchev–Trinajstić information content (AvgIpc) is 2.28. The molecule has 1 heterocycles. The van der Waals surface area contributed by atoms with Crippen molar-refractivity contribution in [1.82, 2.24) is 5.32 Å². The van der Waals surface area contributed by atoms with Crippen molar-refractivity contribution in [3.05, 3.63) is 29.6 Å². The highest BCUT2D eigenvalue weighted by molar-refractivity contribution is 5.95. The first kappa shape index (κ1) is 12.8. The van der Waals surface area contributed by atoms with Gasteiger partial charge in [0.05, 0.1) is 17.7 Å². The summed E-state index contributed by atoms with van der Waals surface area (Å²) in [6, 6.07) is 3.49. The largest absolute Gasteiger partial charge is 0.508 e. The lowest BCUT2D eigenvalue weighted by Gasteiger charge is -2.34. The van der Waals surface area contributed by atoms with E-state index in [1.54, 1.807) is 0 Å². The molecule has 0 saturated carbocycles. The Morgan fingerprint density at radius 3 is 2.94 bits per heavy atom. The summed E-state index contributed by atoms with van der Waals surface area (Å²) >= 11 is 0. The molecule has 0 bridgehead atoms. The van der Waals surface area contributed by atoms with Crippen molar-refractivity contribution >= 4 is 5.91 Å². The Hall–Kier alpha value is -1.62. The van der Waals surface area contributed by atoms with E-state index < -0.39 is 17.3 Å². The summed E-state index contributed by atoms with van der Waals surface area (Å²) in [6.45, 7) is 3.00. The van der Waals surface area contributed by atoms with Crippen LogP contribution in [0.1, 0.15) is 30.1 Å². The van der Waals surface area contributed by atoms with Gasteiger partial charge in [-0.3, -0.25) is 4.79 Å². The number of hydrogen-bond donors (Lipinski definition) is 2. The first-order valence-electron chi connectivity index (χ1n) is 5.89. The van der Waals surface area contributed by atoms with Crippen molar-refractivity contribution in [3.63, 3.8) is 0 Å². The van der Waals surface area contributed by atoms with Crippen LogP contribution in [-0.2, 0) is 4.74 Å². The summed E-state index contributed by atoms with van der Waals surface area (Å²) in [7, 11) is 0. The van der Waals surface area contributed by atoms with E-state index in [-0.39, 0.29) is 11.3 Å². The van der Waals surface area contributed by atoms with Crippen LogP contribution in [0.15, 0.2) is 18.2 Å². The minimum atomic E-state index is -0.729. The van der Waals surface area contributed by atoms with Crippen molar-refractivity contribution in [1.29, 1.82) is 0 Å². The van der Waals surface area contributed by atoms with Crippen LogP contribution in [-0.4, -0.2) is 29.8 Å². The van der Waals surface area contributed by atoms with Gasteiger partial charge in [-0.15, -0.1) is 0 Å². The van der Waals surface area contributed by atoms with Crippen LogP contribution in [0.5, 0.6) is 5.75 Å². The van der Waals surface area contributed by atoms with Crippen LogP contribution in [0.25, 0.3) is 0 Å². The summed E-state index contributed by atoms with van der Waals surface area (Å²) in [5.41, 5.74) is -0.528. The monoisotopic (exact) mass is 253 g/mol. The van der Waals surface area contributed by atoms with E-state index in [9.17, 15) is 9.18 Å². The highest BCUT2D eigenvalue weighted by atomic mass is 19.1. The molecule has 98 valence electrons. The SMILES string of the molecule is CC1(NC(=O)c2ccc(O)cc2F)CCCOC1. The maximum atomic E-state index is 13.5. The van der Waals surface area contributed by atoms with E-state index in [0.29, 0.717) is 13.2 Å². The number of phenolic OH excluding ortho intramolecular Hbond substituents is 1. The van der Waals surface area contributed by atoms with E-state index >= 15 is 0 Å². The van der Waals surface area contributed by atoms with Gasteiger partial charge in [0.1, 0.15) is 11.6 Å². The predicted octanol–water partition coefficient (Wildman–Crippen LogP) is 1.83.